The maximum absolute atomic E-state index is 12.9. The van der Waals surface area contributed by atoms with Gasteiger partial charge in [-0.25, -0.2) is 0 Å². The number of carbonyl (C=O) groups is 2. The van der Waals surface area contributed by atoms with Crippen LogP contribution in [0.15, 0.2) is 59.1 Å². The Labute approximate surface area is 209 Å². The van der Waals surface area contributed by atoms with Gasteiger partial charge in [0.25, 0.3) is 5.69 Å². The number of hydrogen-bond donors (Lipinski definition) is 0. The molecular formula is C25H19ClN2O8. The molecule has 10 nitrogen and oxygen atoms in total. The highest BCUT2D eigenvalue weighted by Gasteiger charge is 2.41. The van der Waals surface area contributed by atoms with Gasteiger partial charge in [-0.15, -0.1) is 0 Å². The third kappa shape index (κ3) is 4.13. The van der Waals surface area contributed by atoms with E-state index >= 15 is 0 Å². The van der Waals surface area contributed by atoms with Crippen molar-refractivity contribution >= 4 is 34.5 Å². The van der Waals surface area contributed by atoms with Crippen LogP contribution in [0.2, 0.25) is 5.02 Å². The van der Waals surface area contributed by atoms with Gasteiger partial charge < -0.3 is 9.47 Å². The zero-order valence-corrected chi connectivity index (χ0v) is 19.6. The maximum atomic E-state index is 12.9. The molecule has 5 rings (SSSR count). The maximum Gasteiger partial charge on any atom is 0.318 e. The van der Waals surface area contributed by atoms with Crippen LogP contribution in [0, 0.1) is 20.2 Å². The molecule has 11 heteroatoms. The Kier molecular flexibility index (Phi) is 6.05. The number of ether oxygens (including phenoxy) is 2. The number of Topliss-reactive ketones (excluding diaryl/α,β-unsaturated/α-hetero) is 2. The topological polar surface area (TPSA) is 139 Å². The monoisotopic (exact) mass is 510 g/mol. The zero-order chi connectivity index (χ0) is 25.6. The lowest BCUT2D eigenvalue weighted by Gasteiger charge is -2.36. The predicted molar refractivity (Wildman–Crippen MR) is 127 cm³/mol. The van der Waals surface area contributed by atoms with Gasteiger partial charge >= 0.3 is 5.69 Å². The largest absolute Gasteiger partial charge is 0.465 e. The van der Waals surface area contributed by atoms with Crippen molar-refractivity contribution in [2.75, 3.05) is 0 Å². The highest BCUT2D eigenvalue weighted by Crippen LogP contribution is 2.49. The Hall–Kier alpha value is -4.05. The fraction of sp³-hybridized carbons (Fsp3) is 0.280. The molecule has 3 aliphatic rings. The summed E-state index contributed by atoms with van der Waals surface area (Å²) in [5.74, 6) is 0.326. The Balaban J connectivity index is 1.54. The summed E-state index contributed by atoms with van der Waals surface area (Å²) in [6, 6.07) is 7.77. The Morgan fingerprint density at radius 3 is 2.00 bits per heavy atom. The first-order valence-electron chi connectivity index (χ1n) is 11.3. The molecule has 0 saturated carbocycles. The Morgan fingerprint density at radius 1 is 0.833 bits per heavy atom. The number of non-ortho nitro benzene ring substituents is 1. The fourth-order valence-electron chi connectivity index (χ4n) is 4.90. The zero-order valence-electron chi connectivity index (χ0n) is 18.8. The van der Waals surface area contributed by atoms with Gasteiger partial charge in [0.1, 0.15) is 17.3 Å². The number of halogens is 1. The fourth-order valence-corrected chi connectivity index (χ4v) is 5.12. The molecule has 184 valence electrons. The quantitative estimate of drug-likeness (QED) is 0.348. The highest BCUT2D eigenvalue weighted by molar-refractivity contribution is 6.32. The van der Waals surface area contributed by atoms with E-state index in [1.807, 2.05) is 0 Å². The SMILES string of the molecule is O=C1CCCC2=C1C(c1ccc(Oc3ccc([N+](=O)[O-])cc3[N+](=O)[O-])c(Cl)c1)C1=C(CCCC1=O)O2. The van der Waals surface area contributed by atoms with E-state index in [1.54, 1.807) is 12.1 Å². The van der Waals surface area contributed by atoms with Crippen LogP contribution in [0.5, 0.6) is 11.5 Å². The number of rotatable bonds is 5. The number of hydrogen-bond acceptors (Lipinski definition) is 8. The Morgan fingerprint density at radius 2 is 1.44 bits per heavy atom. The summed E-state index contributed by atoms with van der Waals surface area (Å²) in [7, 11) is 0. The molecule has 0 spiro atoms. The molecule has 0 unspecified atom stereocenters. The van der Waals surface area contributed by atoms with E-state index < -0.39 is 27.1 Å². The average Bonchev–Trinajstić information content (AvgIpc) is 2.84. The molecule has 0 amide bonds. The van der Waals surface area contributed by atoms with Gasteiger partial charge in [0.2, 0.25) is 5.75 Å². The van der Waals surface area contributed by atoms with Crippen molar-refractivity contribution in [2.24, 2.45) is 0 Å². The summed E-state index contributed by atoms with van der Waals surface area (Å²) in [6.45, 7) is 0. The summed E-state index contributed by atoms with van der Waals surface area (Å²) >= 11 is 6.50. The van der Waals surface area contributed by atoms with Crippen LogP contribution in [-0.4, -0.2) is 21.4 Å². The first-order chi connectivity index (χ1) is 17.2. The van der Waals surface area contributed by atoms with E-state index in [-0.39, 0.29) is 28.1 Å². The van der Waals surface area contributed by atoms with Crippen molar-refractivity contribution in [3.63, 3.8) is 0 Å². The van der Waals surface area contributed by atoms with Crippen LogP contribution >= 0.6 is 11.6 Å². The molecule has 1 heterocycles. The number of nitrogens with zero attached hydrogens (tertiary/aromatic N) is 2. The second kappa shape index (κ2) is 9.19. The molecule has 2 aromatic carbocycles. The molecule has 36 heavy (non-hydrogen) atoms. The summed E-state index contributed by atoms with van der Waals surface area (Å²) in [6.07, 6.45) is 3.33. The first kappa shape index (κ1) is 23.7. The normalized spacial score (nSPS) is 17.9. The number of nitro groups is 2. The lowest BCUT2D eigenvalue weighted by molar-refractivity contribution is -0.394. The van der Waals surface area contributed by atoms with E-state index in [0.29, 0.717) is 66.8 Å². The molecule has 2 aliphatic carbocycles. The van der Waals surface area contributed by atoms with Gasteiger partial charge in [-0.2, -0.15) is 0 Å². The van der Waals surface area contributed by atoms with Crippen LogP contribution in [0.25, 0.3) is 0 Å². The molecular weight excluding hydrogens is 492 g/mol. The molecule has 0 aromatic heterocycles. The number of nitro benzene ring substituents is 2. The molecule has 0 saturated heterocycles. The van der Waals surface area contributed by atoms with Crippen molar-refractivity contribution in [3.8, 4) is 11.5 Å². The van der Waals surface area contributed by atoms with E-state index in [1.165, 1.54) is 6.07 Å². The second-order valence-electron chi connectivity index (χ2n) is 8.72. The Bertz CT molecular complexity index is 1370. The van der Waals surface area contributed by atoms with Crippen LogP contribution < -0.4 is 4.74 Å². The smallest absolute Gasteiger partial charge is 0.318 e. The lowest BCUT2D eigenvalue weighted by atomic mass is 9.73. The van der Waals surface area contributed by atoms with Crippen LogP contribution in [0.3, 0.4) is 0 Å². The predicted octanol–water partition coefficient (Wildman–Crippen LogP) is 6.08. The van der Waals surface area contributed by atoms with Gasteiger partial charge in [-0.05, 0) is 36.6 Å². The minimum atomic E-state index is -0.780. The molecule has 2 aromatic rings. The second-order valence-corrected chi connectivity index (χ2v) is 9.13. The third-order valence-electron chi connectivity index (χ3n) is 6.50. The molecule has 0 bridgehead atoms. The van der Waals surface area contributed by atoms with Crippen molar-refractivity contribution < 1.29 is 28.9 Å². The summed E-state index contributed by atoms with van der Waals surface area (Å²) in [5.41, 5.74) is 0.535. The van der Waals surface area contributed by atoms with Gasteiger partial charge in [0, 0.05) is 48.8 Å². The van der Waals surface area contributed by atoms with E-state index in [9.17, 15) is 29.8 Å². The first-order valence-corrected chi connectivity index (χ1v) is 11.7. The van der Waals surface area contributed by atoms with E-state index in [4.69, 9.17) is 21.1 Å². The highest BCUT2D eigenvalue weighted by atomic mass is 35.5. The molecule has 0 N–H and O–H groups in total. The molecule has 0 fully saturated rings. The number of allylic oxidation sites excluding steroid dienone is 4. The van der Waals surface area contributed by atoms with E-state index in [2.05, 4.69) is 0 Å². The van der Waals surface area contributed by atoms with Crippen molar-refractivity contribution in [3.05, 3.63) is 89.9 Å². The number of benzene rings is 2. The van der Waals surface area contributed by atoms with Crippen LogP contribution in [0.4, 0.5) is 11.4 Å². The van der Waals surface area contributed by atoms with E-state index in [0.717, 1.165) is 18.2 Å². The summed E-state index contributed by atoms with van der Waals surface area (Å²) in [5, 5.41) is 22.5. The summed E-state index contributed by atoms with van der Waals surface area (Å²) in [4.78, 5) is 46.8. The molecule has 0 atom stereocenters. The molecule has 1 aliphatic heterocycles. The lowest BCUT2D eigenvalue weighted by Crippen LogP contribution is -2.30. The van der Waals surface area contributed by atoms with Gasteiger partial charge in [-0.3, -0.25) is 29.8 Å². The van der Waals surface area contributed by atoms with Gasteiger partial charge in [-0.1, -0.05) is 17.7 Å². The summed E-state index contributed by atoms with van der Waals surface area (Å²) < 4.78 is 11.7. The van der Waals surface area contributed by atoms with Crippen molar-refractivity contribution in [1.29, 1.82) is 0 Å². The minimum Gasteiger partial charge on any atom is -0.465 e. The average molecular weight is 511 g/mol. The van der Waals surface area contributed by atoms with Crippen molar-refractivity contribution in [2.45, 2.75) is 44.4 Å². The van der Waals surface area contributed by atoms with Crippen LogP contribution in [-0.2, 0) is 14.3 Å². The van der Waals surface area contributed by atoms with Gasteiger partial charge in [0.05, 0.1) is 20.9 Å². The number of carbonyl (C=O) groups excluding carboxylic acids is 2. The van der Waals surface area contributed by atoms with Crippen LogP contribution in [0.1, 0.15) is 50.0 Å². The van der Waals surface area contributed by atoms with Crippen molar-refractivity contribution in [1.82, 2.24) is 0 Å². The number of ketones is 2. The minimum absolute atomic E-state index is 0.0656. The standard InChI is InChI=1S/C25H19ClN2O8/c26-15-11-13(7-9-19(15)35-20-10-8-14(27(31)32)12-16(20)28(33)34)23-24-17(29)3-1-5-21(24)36-22-6-2-4-18(30)25(22)23/h7-12,23H,1-6H2. The molecule has 0 radical (unpaired) electrons. The third-order valence-corrected chi connectivity index (χ3v) is 6.80. The van der Waals surface area contributed by atoms with Gasteiger partial charge in [0.15, 0.2) is 11.6 Å².